The summed E-state index contributed by atoms with van der Waals surface area (Å²) in [6.07, 6.45) is 2.87. The molecule has 2 saturated carbocycles. The van der Waals surface area contributed by atoms with E-state index in [1.54, 1.807) is 17.8 Å². The normalized spacial score (nSPS) is 31.3. The van der Waals surface area contributed by atoms with Crippen LogP contribution >= 0.6 is 11.8 Å². The third-order valence-corrected chi connectivity index (χ3v) is 10.5. The maximum absolute atomic E-state index is 13.8. The number of rotatable bonds is 5. The van der Waals surface area contributed by atoms with Crippen LogP contribution in [0, 0.1) is 34.5 Å². The fourth-order valence-corrected chi connectivity index (χ4v) is 8.43. The summed E-state index contributed by atoms with van der Waals surface area (Å²) in [5, 5.41) is 0. The van der Waals surface area contributed by atoms with Gasteiger partial charge in [0.25, 0.3) is 0 Å². The first kappa shape index (κ1) is 28.7. The zero-order chi connectivity index (χ0) is 28.9. The molecule has 40 heavy (non-hydrogen) atoms. The van der Waals surface area contributed by atoms with Crippen molar-refractivity contribution < 1.29 is 32.3 Å². The highest BCUT2D eigenvalue weighted by Gasteiger charge is 2.65. The summed E-state index contributed by atoms with van der Waals surface area (Å²) in [7, 11) is 0. The van der Waals surface area contributed by atoms with E-state index in [9.17, 15) is 27.6 Å². The predicted octanol–water partition coefficient (Wildman–Crippen LogP) is 6.99. The van der Waals surface area contributed by atoms with Gasteiger partial charge >= 0.3 is 12.1 Å². The largest absolute Gasteiger partial charge is 0.458 e. The highest BCUT2D eigenvalue weighted by atomic mass is 32.2. The van der Waals surface area contributed by atoms with Crippen LogP contribution in [-0.2, 0) is 19.1 Å². The van der Waals surface area contributed by atoms with Gasteiger partial charge in [0.05, 0.1) is 5.41 Å². The Morgan fingerprint density at radius 2 is 1.85 bits per heavy atom. The van der Waals surface area contributed by atoms with Crippen LogP contribution in [0.3, 0.4) is 0 Å². The zero-order valence-corrected chi connectivity index (χ0v) is 23.8. The van der Waals surface area contributed by atoms with Crippen molar-refractivity contribution in [2.45, 2.75) is 75.8 Å². The Hall–Kier alpha value is -2.79. The van der Waals surface area contributed by atoms with Crippen molar-refractivity contribution in [3.8, 4) is 11.8 Å². The van der Waals surface area contributed by atoms with Crippen LogP contribution in [0.15, 0.2) is 52.0 Å². The van der Waals surface area contributed by atoms with Crippen molar-refractivity contribution in [3.05, 3.63) is 52.6 Å². The van der Waals surface area contributed by atoms with Crippen molar-refractivity contribution >= 4 is 29.3 Å². The Labute approximate surface area is 237 Å². The summed E-state index contributed by atoms with van der Waals surface area (Å²) < 4.78 is 45.5. The molecule has 8 heteroatoms. The molecular formula is C32H33F3O4S. The number of ether oxygens (including phenoxy) is 1. The summed E-state index contributed by atoms with van der Waals surface area (Å²) in [6.45, 7) is 2.52. The summed E-state index contributed by atoms with van der Waals surface area (Å²) >= 11 is 1.63. The van der Waals surface area contributed by atoms with Crippen LogP contribution in [-0.4, -0.2) is 36.6 Å². The van der Waals surface area contributed by atoms with Gasteiger partial charge in [0, 0.05) is 30.1 Å². The number of hydrogen-bond acceptors (Lipinski definition) is 5. The smallest absolute Gasteiger partial charge is 0.457 e. The lowest BCUT2D eigenvalue weighted by Gasteiger charge is -2.54. The molecule has 0 aliphatic heterocycles. The molecule has 4 nitrogen and oxygen atoms in total. The minimum absolute atomic E-state index is 0.0558. The van der Waals surface area contributed by atoms with E-state index in [1.165, 1.54) is 24.0 Å². The van der Waals surface area contributed by atoms with Gasteiger partial charge in [-0.3, -0.25) is 14.4 Å². The maximum Gasteiger partial charge on any atom is 0.457 e. The number of fused-ring (bicyclic) bond motifs is 4. The Kier molecular flexibility index (Phi) is 7.58. The maximum atomic E-state index is 13.8. The standard InChI is InChI=1S/C32H33F3O4S/c1-19(36)39-18-28(38)31(14-15-32(33,34)35)13-12-27-25-10-6-21-16-22(37)7-11-24(21)29(25)26(17-30(27,31)2)20-4-8-23(40-3)9-5-20/h4-5,8-9,16,25-27H,6-7,10-13,17-18H2,1-3H3/t25-,26+,27-,30-,31-/m0/s1. The van der Waals surface area contributed by atoms with Crippen LogP contribution in [0.4, 0.5) is 13.2 Å². The number of thioether (sulfide) groups is 1. The molecule has 0 bridgehead atoms. The minimum Gasteiger partial charge on any atom is -0.458 e. The van der Waals surface area contributed by atoms with Crippen LogP contribution < -0.4 is 0 Å². The second-order valence-electron chi connectivity index (χ2n) is 11.7. The van der Waals surface area contributed by atoms with Gasteiger partial charge in [-0.25, -0.2) is 0 Å². The second kappa shape index (κ2) is 10.6. The number of halogens is 3. The van der Waals surface area contributed by atoms with E-state index in [-0.39, 0.29) is 30.0 Å². The summed E-state index contributed by atoms with van der Waals surface area (Å²) in [5.74, 6) is 2.71. The lowest BCUT2D eigenvalue weighted by atomic mass is 9.48. The number of carbonyl (C=O) groups excluding carboxylic acids is 3. The van der Waals surface area contributed by atoms with Gasteiger partial charge in [-0.15, -0.1) is 11.8 Å². The first-order valence-electron chi connectivity index (χ1n) is 13.8. The quantitative estimate of drug-likeness (QED) is 0.217. The molecule has 0 amide bonds. The third kappa shape index (κ3) is 4.95. The molecule has 0 aromatic heterocycles. The molecule has 1 aromatic carbocycles. The van der Waals surface area contributed by atoms with E-state index in [0.29, 0.717) is 25.7 Å². The molecule has 0 spiro atoms. The minimum atomic E-state index is -4.75. The van der Waals surface area contributed by atoms with Crippen LogP contribution in [0.5, 0.6) is 0 Å². The molecule has 5 atom stereocenters. The number of allylic oxidation sites excluding steroid dienone is 4. The van der Waals surface area contributed by atoms with E-state index in [4.69, 9.17) is 4.74 Å². The molecule has 2 fully saturated rings. The topological polar surface area (TPSA) is 60.4 Å². The van der Waals surface area contributed by atoms with Crippen molar-refractivity contribution in [2.24, 2.45) is 22.7 Å². The van der Waals surface area contributed by atoms with Gasteiger partial charge < -0.3 is 4.74 Å². The number of benzene rings is 1. The summed E-state index contributed by atoms with van der Waals surface area (Å²) in [6, 6.07) is 8.26. The fraction of sp³-hybridized carbons (Fsp3) is 0.531. The Morgan fingerprint density at radius 1 is 1.12 bits per heavy atom. The van der Waals surface area contributed by atoms with E-state index < -0.39 is 35.4 Å². The van der Waals surface area contributed by atoms with E-state index in [1.807, 2.05) is 13.2 Å². The van der Waals surface area contributed by atoms with Crippen LogP contribution in [0.1, 0.15) is 70.3 Å². The molecule has 0 heterocycles. The van der Waals surface area contributed by atoms with Crippen molar-refractivity contribution in [1.29, 1.82) is 0 Å². The van der Waals surface area contributed by atoms with E-state index >= 15 is 0 Å². The molecule has 212 valence electrons. The monoisotopic (exact) mass is 570 g/mol. The first-order valence-corrected chi connectivity index (χ1v) is 15.0. The molecule has 0 saturated heterocycles. The van der Waals surface area contributed by atoms with Gasteiger partial charge in [0.1, 0.15) is 0 Å². The zero-order valence-electron chi connectivity index (χ0n) is 23.0. The molecule has 0 unspecified atom stereocenters. The Bertz CT molecular complexity index is 1360. The third-order valence-electron chi connectivity index (χ3n) is 9.75. The average Bonchev–Trinajstić information content (AvgIpc) is 3.22. The second-order valence-corrected chi connectivity index (χ2v) is 12.5. The first-order chi connectivity index (χ1) is 18.9. The van der Waals surface area contributed by atoms with Gasteiger partial charge in [0.15, 0.2) is 18.2 Å². The number of esters is 1. The lowest BCUT2D eigenvalue weighted by molar-refractivity contribution is -0.150. The summed E-state index contributed by atoms with van der Waals surface area (Å²) in [5.41, 5.74) is 2.20. The molecular weight excluding hydrogens is 537 g/mol. The van der Waals surface area contributed by atoms with E-state index in [2.05, 4.69) is 30.2 Å². The molecule has 5 rings (SSSR count). The number of ketones is 2. The van der Waals surface area contributed by atoms with Crippen LogP contribution in [0.25, 0.3) is 0 Å². The Balaban J connectivity index is 1.68. The van der Waals surface area contributed by atoms with E-state index in [0.717, 1.165) is 28.9 Å². The summed E-state index contributed by atoms with van der Waals surface area (Å²) in [4.78, 5) is 38.7. The molecule has 0 N–H and O–H groups in total. The van der Waals surface area contributed by atoms with Crippen LogP contribution in [0.2, 0.25) is 0 Å². The van der Waals surface area contributed by atoms with Gasteiger partial charge in [0.2, 0.25) is 0 Å². The number of hydrogen-bond donors (Lipinski definition) is 0. The van der Waals surface area contributed by atoms with Crippen molar-refractivity contribution in [2.75, 3.05) is 12.9 Å². The van der Waals surface area contributed by atoms with Crippen molar-refractivity contribution in [1.82, 2.24) is 0 Å². The number of Topliss-reactive ketones (excluding diaryl/α,β-unsaturated/α-hetero) is 1. The van der Waals surface area contributed by atoms with Gasteiger partial charge in [-0.05, 0) is 96.9 Å². The number of alkyl halides is 3. The highest BCUT2D eigenvalue weighted by Crippen LogP contribution is 2.69. The number of carbonyl (C=O) groups is 3. The molecule has 4 aliphatic rings. The molecule has 4 aliphatic carbocycles. The lowest BCUT2D eigenvalue weighted by Crippen LogP contribution is -2.51. The fourth-order valence-electron chi connectivity index (χ4n) is 8.02. The predicted molar refractivity (Wildman–Crippen MR) is 146 cm³/mol. The van der Waals surface area contributed by atoms with Crippen molar-refractivity contribution in [3.63, 3.8) is 0 Å². The molecule has 1 aromatic rings. The van der Waals surface area contributed by atoms with Gasteiger partial charge in [-0.2, -0.15) is 13.2 Å². The highest BCUT2D eigenvalue weighted by molar-refractivity contribution is 7.98. The average molecular weight is 571 g/mol. The SMILES string of the molecule is CSc1ccc([C@H]2C[C@@]3(C)[C@@H](CC[C@]3(C#CC(F)(F)F)C(=O)COC(C)=O)[C@@H]3CCC4=CC(=O)CCC4=C32)cc1. The van der Waals surface area contributed by atoms with Gasteiger partial charge in [-0.1, -0.05) is 30.6 Å². The molecule has 0 radical (unpaired) electrons. The Morgan fingerprint density at radius 3 is 2.50 bits per heavy atom.